The molecule has 0 bridgehead atoms. The third-order valence-corrected chi connectivity index (χ3v) is 3.53. The summed E-state index contributed by atoms with van der Waals surface area (Å²) in [6, 6.07) is 14.8. The molecule has 0 fully saturated rings. The number of aromatic nitrogens is 1. The molecule has 3 rings (SSSR count). The second-order valence-corrected chi connectivity index (χ2v) is 5.40. The minimum Gasteiger partial charge on any atom is -0.447 e. The molecule has 6 heteroatoms. The molecule has 0 aliphatic carbocycles. The van der Waals surface area contributed by atoms with Crippen LogP contribution in [0.4, 0.5) is 5.69 Å². The Hall–Kier alpha value is -3.15. The molecule has 1 aromatic heterocycles. The monoisotopic (exact) mass is 324 g/mol. The van der Waals surface area contributed by atoms with Crippen molar-refractivity contribution >= 4 is 28.3 Å². The SMILES string of the molecule is Cc1cc(C(=O)O[C@H](C)C(=O)Nc2cccc3ccccc23)on1. The zero-order chi connectivity index (χ0) is 17.1. The van der Waals surface area contributed by atoms with Crippen LogP contribution in [0.25, 0.3) is 10.8 Å². The molecule has 122 valence electrons. The van der Waals surface area contributed by atoms with Crippen molar-refractivity contribution in [2.75, 3.05) is 5.32 Å². The van der Waals surface area contributed by atoms with Gasteiger partial charge in [-0.25, -0.2) is 4.79 Å². The molecule has 0 radical (unpaired) electrons. The molecular weight excluding hydrogens is 308 g/mol. The first kappa shape index (κ1) is 15.7. The van der Waals surface area contributed by atoms with Gasteiger partial charge in [-0.1, -0.05) is 41.6 Å². The summed E-state index contributed by atoms with van der Waals surface area (Å²) in [5.74, 6) is -1.18. The molecule has 1 heterocycles. The highest BCUT2D eigenvalue weighted by molar-refractivity contribution is 6.04. The molecule has 0 aliphatic heterocycles. The normalized spacial score (nSPS) is 11.9. The number of carbonyl (C=O) groups is 2. The van der Waals surface area contributed by atoms with Gasteiger partial charge in [0, 0.05) is 17.1 Å². The lowest BCUT2D eigenvalue weighted by molar-refractivity contribution is -0.123. The number of aryl methyl sites for hydroxylation is 1. The van der Waals surface area contributed by atoms with Gasteiger partial charge in [-0.3, -0.25) is 4.79 Å². The van der Waals surface area contributed by atoms with E-state index < -0.39 is 18.0 Å². The number of anilines is 1. The third-order valence-electron chi connectivity index (χ3n) is 3.53. The Kier molecular flexibility index (Phi) is 4.29. The number of ether oxygens (including phenoxy) is 1. The number of benzene rings is 2. The molecule has 0 saturated carbocycles. The number of fused-ring (bicyclic) bond motifs is 1. The number of esters is 1. The molecular formula is C18H16N2O4. The fourth-order valence-corrected chi connectivity index (χ4v) is 2.30. The largest absolute Gasteiger partial charge is 0.447 e. The fraction of sp³-hybridized carbons (Fsp3) is 0.167. The Morgan fingerprint density at radius 1 is 1.17 bits per heavy atom. The summed E-state index contributed by atoms with van der Waals surface area (Å²) < 4.78 is 9.94. The van der Waals surface area contributed by atoms with Crippen LogP contribution in [0, 0.1) is 6.92 Å². The predicted molar refractivity (Wildman–Crippen MR) is 88.7 cm³/mol. The van der Waals surface area contributed by atoms with Crippen LogP contribution in [-0.2, 0) is 9.53 Å². The molecule has 0 spiro atoms. The van der Waals surface area contributed by atoms with Crippen LogP contribution in [-0.4, -0.2) is 23.1 Å². The molecule has 6 nitrogen and oxygen atoms in total. The van der Waals surface area contributed by atoms with Crippen LogP contribution in [0.5, 0.6) is 0 Å². The quantitative estimate of drug-likeness (QED) is 0.745. The zero-order valence-electron chi connectivity index (χ0n) is 13.3. The van der Waals surface area contributed by atoms with E-state index >= 15 is 0 Å². The highest BCUT2D eigenvalue weighted by atomic mass is 16.6. The fourth-order valence-electron chi connectivity index (χ4n) is 2.30. The average Bonchev–Trinajstić information content (AvgIpc) is 3.01. The van der Waals surface area contributed by atoms with Gasteiger partial charge in [0.15, 0.2) is 6.10 Å². The summed E-state index contributed by atoms with van der Waals surface area (Å²) in [5.41, 5.74) is 1.23. The summed E-state index contributed by atoms with van der Waals surface area (Å²) in [7, 11) is 0. The smallest absolute Gasteiger partial charge is 0.377 e. The number of carbonyl (C=O) groups excluding carboxylic acids is 2. The summed E-state index contributed by atoms with van der Waals surface area (Å²) in [5, 5.41) is 8.33. The molecule has 0 unspecified atom stereocenters. The van der Waals surface area contributed by atoms with E-state index in [-0.39, 0.29) is 5.76 Å². The first-order valence-electron chi connectivity index (χ1n) is 7.47. The van der Waals surface area contributed by atoms with Crippen molar-refractivity contribution in [3.8, 4) is 0 Å². The number of amides is 1. The minimum absolute atomic E-state index is 0.0303. The van der Waals surface area contributed by atoms with E-state index in [0.717, 1.165) is 10.8 Å². The standard InChI is InChI=1S/C18H16N2O4/c1-11-10-16(24-20-11)18(22)23-12(2)17(21)19-15-9-5-7-13-6-3-4-8-14(13)15/h3-10,12H,1-2H3,(H,19,21)/t12-/m1/s1. The molecule has 1 N–H and O–H groups in total. The van der Waals surface area contributed by atoms with E-state index in [0.29, 0.717) is 11.4 Å². The zero-order valence-corrected chi connectivity index (χ0v) is 13.3. The third kappa shape index (κ3) is 3.27. The van der Waals surface area contributed by atoms with E-state index in [9.17, 15) is 9.59 Å². The first-order chi connectivity index (χ1) is 11.5. The topological polar surface area (TPSA) is 81.4 Å². The van der Waals surface area contributed by atoms with Crippen molar-refractivity contribution in [2.24, 2.45) is 0 Å². The van der Waals surface area contributed by atoms with Gasteiger partial charge in [-0.2, -0.15) is 0 Å². The summed E-state index contributed by atoms with van der Waals surface area (Å²) in [6.07, 6.45) is -0.970. The number of nitrogens with one attached hydrogen (secondary N) is 1. The van der Waals surface area contributed by atoms with E-state index in [4.69, 9.17) is 9.26 Å². The van der Waals surface area contributed by atoms with Crippen LogP contribution in [0.2, 0.25) is 0 Å². The highest BCUT2D eigenvalue weighted by Crippen LogP contribution is 2.23. The molecule has 0 aliphatic rings. The minimum atomic E-state index is -0.970. The van der Waals surface area contributed by atoms with Crippen molar-refractivity contribution in [3.05, 3.63) is 60.0 Å². The first-order valence-corrected chi connectivity index (χ1v) is 7.47. The van der Waals surface area contributed by atoms with E-state index in [1.54, 1.807) is 13.0 Å². The Morgan fingerprint density at radius 3 is 2.67 bits per heavy atom. The lowest BCUT2D eigenvalue weighted by Crippen LogP contribution is -2.30. The van der Waals surface area contributed by atoms with E-state index in [1.165, 1.54) is 13.0 Å². The van der Waals surface area contributed by atoms with Crippen LogP contribution < -0.4 is 5.32 Å². The van der Waals surface area contributed by atoms with Gasteiger partial charge in [0.25, 0.3) is 5.91 Å². The average molecular weight is 324 g/mol. The van der Waals surface area contributed by atoms with Gasteiger partial charge >= 0.3 is 5.97 Å². The Labute approximate surface area is 138 Å². The lowest BCUT2D eigenvalue weighted by Gasteiger charge is -2.14. The van der Waals surface area contributed by atoms with Crippen LogP contribution in [0.3, 0.4) is 0 Å². The lowest BCUT2D eigenvalue weighted by atomic mass is 10.1. The Balaban J connectivity index is 1.71. The van der Waals surface area contributed by atoms with E-state index in [2.05, 4.69) is 10.5 Å². The van der Waals surface area contributed by atoms with Gasteiger partial charge in [0.1, 0.15) is 0 Å². The summed E-state index contributed by atoms with van der Waals surface area (Å²) in [6.45, 7) is 3.19. The maximum absolute atomic E-state index is 12.3. The van der Waals surface area contributed by atoms with Crippen LogP contribution in [0.1, 0.15) is 23.2 Å². The van der Waals surface area contributed by atoms with Gasteiger partial charge in [0.05, 0.1) is 5.69 Å². The molecule has 24 heavy (non-hydrogen) atoms. The van der Waals surface area contributed by atoms with Crippen molar-refractivity contribution < 1.29 is 18.8 Å². The van der Waals surface area contributed by atoms with Crippen molar-refractivity contribution in [2.45, 2.75) is 20.0 Å². The second-order valence-electron chi connectivity index (χ2n) is 5.40. The predicted octanol–water partition coefficient (Wildman–Crippen LogP) is 3.32. The van der Waals surface area contributed by atoms with Crippen molar-refractivity contribution in [3.63, 3.8) is 0 Å². The Bertz CT molecular complexity index is 895. The highest BCUT2D eigenvalue weighted by Gasteiger charge is 2.22. The number of rotatable bonds is 4. The van der Waals surface area contributed by atoms with Crippen LogP contribution >= 0.6 is 0 Å². The molecule has 2 aromatic carbocycles. The van der Waals surface area contributed by atoms with Crippen LogP contribution in [0.15, 0.2) is 53.1 Å². The van der Waals surface area contributed by atoms with Gasteiger partial charge in [0.2, 0.25) is 5.76 Å². The summed E-state index contributed by atoms with van der Waals surface area (Å²) in [4.78, 5) is 24.2. The molecule has 0 saturated heterocycles. The second kappa shape index (κ2) is 6.54. The molecule has 3 aromatic rings. The van der Waals surface area contributed by atoms with E-state index in [1.807, 2.05) is 36.4 Å². The van der Waals surface area contributed by atoms with Gasteiger partial charge in [-0.05, 0) is 25.3 Å². The van der Waals surface area contributed by atoms with Gasteiger partial charge < -0.3 is 14.6 Å². The van der Waals surface area contributed by atoms with Crippen molar-refractivity contribution in [1.82, 2.24) is 5.16 Å². The van der Waals surface area contributed by atoms with Crippen molar-refractivity contribution in [1.29, 1.82) is 0 Å². The number of hydrogen-bond donors (Lipinski definition) is 1. The maximum atomic E-state index is 12.3. The Morgan fingerprint density at radius 2 is 1.92 bits per heavy atom. The number of nitrogens with zero attached hydrogens (tertiary/aromatic N) is 1. The molecule has 1 amide bonds. The summed E-state index contributed by atoms with van der Waals surface area (Å²) >= 11 is 0. The van der Waals surface area contributed by atoms with Gasteiger partial charge in [-0.15, -0.1) is 0 Å². The molecule has 1 atom stereocenters. The number of hydrogen-bond acceptors (Lipinski definition) is 5. The maximum Gasteiger partial charge on any atom is 0.377 e.